The lowest BCUT2D eigenvalue weighted by Gasteiger charge is -2.25. The minimum Gasteiger partial charge on any atom is -0.332 e. The van der Waals surface area contributed by atoms with E-state index in [1.807, 2.05) is 18.2 Å². The van der Waals surface area contributed by atoms with Crippen LogP contribution in [0.1, 0.15) is 44.0 Å². The minimum atomic E-state index is 0.130. The summed E-state index contributed by atoms with van der Waals surface area (Å²) in [6, 6.07) is 8.32. The Morgan fingerprint density at radius 3 is 2.96 bits per heavy atom. The van der Waals surface area contributed by atoms with Gasteiger partial charge in [-0.25, -0.2) is 4.98 Å². The second-order valence-corrected chi connectivity index (χ2v) is 6.73. The van der Waals surface area contributed by atoms with Crippen molar-refractivity contribution < 1.29 is 4.79 Å². The molecule has 0 radical (unpaired) electrons. The number of amides is 1. The number of rotatable bonds is 3. The maximum atomic E-state index is 12.8. The van der Waals surface area contributed by atoms with Crippen molar-refractivity contribution in [3.8, 4) is 0 Å². The number of imidazole rings is 1. The Bertz CT molecular complexity index is 761. The van der Waals surface area contributed by atoms with Gasteiger partial charge in [-0.3, -0.25) is 4.79 Å². The second-order valence-electron chi connectivity index (χ2n) is 6.73. The lowest BCUT2D eigenvalue weighted by atomic mass is 10.0. The van der Waals surface area contributed by atoms with Crippen LogP contribution in [-0.2, 0) is 11.8 Å². The van der Waals surface area contributed by atoms with Crippen LogP contribution in [0.2, 0.25) is 0 Å². The number of carbonyl (C=O) groups is 1. The van der Waals surface area contributed by atoms with E-state index in [4.69, 9.17) is 4.98 Å². The van der Waals surface area contributed by atoms with Gasteiger partial charge in [0.05, 0.1) is 17.1 Å². The van der Waals surface area contributed by atoms with E-state index in [1.54, 1.807) is 0 Å². The minimum absolute atomic E-state index is 0.130. The van der Waals surface area contributed by atoms with E-state index >= 15 is 0 Å². The standard InChI is InChI=1S/C19H23N3O/c1-21-16-10-5-4-9-15(16)20-19(21)17-11-6-12-22(17)18(23)13-14-7-2-3-8-14/h2,4-5,7,9-10,14,17H,3,6,8,11-13H2,1H3/t14-,17+/m0/s1. The molecule has 0 unspecified atom stereocenters. The van der Waals surface area contributed by atoms with Gasteiger partial charge in [0.2, 0.25) is 5.91 Å². The van der Waals surface area contributed by atoms with Crippen LogP contribution < -0.4 is 0 Å². The van der Waals surface area contributed by atoms with Crippen molar-refractivity contribution >= 4 is 16.9 Å². The van der Waals surface area contributed by atoms with Gasteiger partial charge in [0.1, 0.15) is 5.82 Å². The van der Waals surface area contributed by atoms with Gasteiger partial charge in [-0.1, -0.05) is 24.3 Å². The number of nitrogens with zero attached hydrogens (tertiary/aromatic N) is 3. The first-order valence-electron chi connectivity index (χ1n) is 8.61. The SMILES string of the molecule is Cn1c([C@H]2CCCN2C(=O)C[C@H]2C=CCC2)nc2ccccc21. The molecule has 1 aliphatic carbocycles. The third kappa shape index (κ3) is 2.56. The summed E-state index contributed by atoms with van der Waals surface area (Å²) in [7, 11) is 2.06. The number of benzene rings is 1. The molecule has 2 heterocycles. The fourth-order valence-electron chi connectivity index (χ4n) is 4.00. The summed E-state index contributed by atoms with van der Waals surface area (Å²) in [5.41, 5.74) is 2.16. The van der Waals surface area contributed by atoms with Crippen molar-refractivity contribution in [3.05, 3.63) is 42.2 Å². The van der Waals surface area contributed by atoms with Crippen molar-refractivity contribution in [2.45, 2.75) is 38.1 Å². The van der Waals surface area contributed by atoms with Crippen molar-refractivity contribution in [1.29, 1.82) is 0 Å². The van der Waals surface area contributed by atoms with E-state index in [0.717, 1.165) is 49.1 Å². The normalized spacial score (nSPS) is 24.0. The highest BCUT2D eigenvalue weighted by Gasteiger charge is 2.33. The molecular weight excluding hydrogens is 286 g/mol. The molecule has 1 amide bonds. The van der Waals surface area contributed by atoms with Crippen LogP contribution in [0.5, 0.6) is 0 Å². The van der Waals surface area contributed by atoms with Crippen molar-refractivity contribution in [3.63, 3.8) is 0 Å². The van der Waals surface area contributed by atoms with Crippen LogP contribution in [0.4, 0.5) is 0 Å². The van der Waals surface area contributed by atoms with Crippen LogP contribution in [0.15, 0.2) is 36.4 Å². The van der Waals surface area contributed by atoms with Crippen LogP contribution in [0.3, 0.4) is 0 Å². The monoisotopic (exact) mass is 309 g/mol. The Hall–Kier alpha value is -2.10. The largest absolute Gasteiger partial charge is 0.332 e. The highest BCUT2D eigenvalue weighted by Crippen LogP contribution is 2.34. The van der Waals surface area contributed by atoms with Gasteiger partial charge in [0.15, 0.2) is 0 Å². The van der Waals surface area contributed by atoms with Gasteiger partial charge in [0.25, 0.3) is 0 Å². The van der Waals surface area contributed by atoms with Gasteiger partial charge >= 0.3 is 0 Å². The summed E-state index contributed by atoms with van der Waals surface area (Å²) in [6.07, 6.45) is 9.38. The van der Waals surface area contributed by atoms with E-state index in [0.29, 0.717) is 12.3 Å². The van der Waals surface area contributed by atoms with E-state index in [2.05, 4.69) is 34.7 Å². The maximum Gasteiger partial charge on any atom is 0.223 e. The summed E-state index contributed by atoms with van der Waals surface area (Å²) in [4.78, 5) is 19.6. The molecule has 0 spiro atoms. The zero-order valence-corrected chi connectivity index (χ0v) is 13.6. The molecule has 23 heavy (non-hydrogen) atoms. The Labute approximate surface area is 136 Å². The summed E-state index contributed by atoms with van der Waals surface area (Å²) < 4.78 is 2.15. The van der Waals surface area contributed by atoms with Gasteiger partial charge in [-0.2, -0.15) is 0 Å². The van der Waals surface area contributed by atoms with Crippen LogP contribution in [0.25, 0.3) is 11.0 Å². The predicted molar refractivity (Wildman–Crippen MR) is 90.9 cm³/mol. The third-order valence-corrected chi connectivity index (χ3v) is 5.24. The molecule has 0 bridgehead atoms. The molecule has 0 N–H and O–H groups in total. The number of fused-ring (bicyclic) bond motifs is 1. The van der Waals surface area contributed by atoms with Crippen molar-refractivity contribution in [2.24, 2.45) is 13.0 Å². The topological polar surface area (TPSA) is 38.1 Å². The summed E-state index contributed by atoms with van der Waals surface area (Å²) in [5, 5.41) is 0. The van der Waals surface area contributed by atoms with E-state index < -0.39 is 0 Å². The average Bonchev–Trinajstić information content (AvgIpc) is 3.27. The number of likely N-dealkylation sites (tertiary alicyclic amines) is 1. The summed E-state index contributed by atoms with van der Waals surface area (Å²) in [6.45, 7) is 0.864. The number of carbonyl (C=O) groups excluding carboxylic acids is 1. The zero-order valence-electron chi connectivity index (χ0n) is 13.6. The number of para-hydroxylation sites is 2. The van der Waals surface area contributed by atoms with Gasteiger partial charge < -0.3 is 9.47 Å². The molecule has 1 aromatic heterocycles. The number of hydrogen-bond acceptors (Lipinski definition) is 2. The van der Waals surface area contributed by atoms with Crippen molar-refractivity contribution in [1.82, 2.24) is 14.5 Å². The van der Waals surface area contributed by atoms with Crippen LogP contribution in [-0.4, -0.2) is 26.9 Å². The molecule has 0 saturated carbocycles. The number of hydrogen-bond donors (Lipinski definition) is 0. The molecule has 4 nitrogen and oxygen atoms in total. The lowest BCUT2D eigenvalue weighted by molar-refractivity contribution is -0.133. The molecule has 4 heteroatoms. The molecule has 2 atom stereocenters. The first kappa shape index (κ1) is 14.5. The molecule has 120 valence electrons. The van der Waals surface area contributed by atoms with Crippen molar-refractivity contribution in [2.75, 3.05) is 6.54 Å². The quantitative estimate of drug-likeness (QED) is 0.813. The Morgan fingerprint density at radius 2 is 2.17 bits per heavy atom. The third-order valence-electron chi connectivity index (χ3n) is 5.24. The fourth-order valence-corrected chi connectivity index (χ4v) is 4.00. The molecule has 1 aliphatic heterocycles. The molecule has 1 aromatic carbocycles. The number of aryl methyl sites for hydroxylation is 1. The van der Waals surface area contributed by atoms with Gasteiger partial charge in [-0.05, 0) is 43.7 Å². The molecule has 4 rings (SSSR count). The number of aromatic nitrogens is 2. The van der Waals surface area contributed by atoms with Crippen LogP contribution in [0, 0.1) is 5.92 Å². The lowest BCUT2D eigenvalue weighted by Crippen LogP contribution is -2.32. The Morgan fingerprint density at radius 1 is 1.30 bits per heavy atom. The average molecular weight is 309 g/mol. The molecule has 1 fully saturated rings. The fraction of sp³-hybridized carbons (Fsp3) is 0.474. The Kier molecular flexibility index (Phi) is 3.68. The molecule has 2 aromatic rings. The van der Waals surface area contributed by atoms with E-state index in [9.17, 15) is 4.79 Å². The highest BCUT2D eigenvalue weighted by atomic mass is 16.2. The first-order valence-corrected chi connectivity index (χ1v) is 8.61. The van der Waals surface area contributed by atoms with Gasteiger partial charge in [-0.15, -0.1) is 0 Å². The maximum absolute atomic E-state index is 12.8. The van der Waals surface area contributed by atoms with E-state index in [1.165, 1.54) is 0 Å². The second kappa shape index (κ2) is 5.84. The first-order chi connectivity index (χ1) is 11.2. The van der Waals surface area contributed by atoms with E-state index in [-0.39, 0.29) is 11.9 Å². The Balaban J connectivity index is 1.60. The summed E-state index contributed by atoms with van der Waals surface area (Å²) >= 11 is 0. The zero-order chi connectivity index (χ0) is 15.8. The molecule has 2 aliphatic rings. The highest BCUT2D eigenvalue weighted by molar-refractivity contribution is 5.79. The van der Waals surface area contributed by atoms with Crippen LogP contribution >= 0.6 is 0 Å². The van der Waals surface area contributed by atoms with Gasteiger partial charge in [0, 0.05) is 20.0 Å². The molecule has 1 saturated heterocycles. The molecular formula is C19H23N3O. The summed E-state index contributed by atoms with van der Waals surface area (Å²) in [5.74, 6) is 1.75. The number of allylic oxidation sites excluding steroid dienone is 2. The predicted octanol–water partition coefficient (Wildman–Crippen LogP) is 3.59. The smallest absolute Gasteiger partial charge is 0.223 e.